The standard InChI is InChI=1S/C15H16ClN3O3S/c1-22-13-2-3-14-10(7-13)6-11(15(16)18-14)8-17-19-12-4-5-23(20,21)9-12/h2-3,6-8,12,19H,4-5,9H2,1H3. The third kappa shape index (κ3) is 3.73. The lowest BCUT2D eigenvalue weighted by Gasteiger charge is -2.07. The molecule has 23 heavy (non-hydrogen) atoms. The number of methoxy groups -OCH3 is 1. The van der Waals surface area contributed by atoms with E-state index in [1.54, 1.807) is 13.3 Å². The molecular formula is C15H16ClN3O3S. The summed E-state index contributed by atoms with van der Waals surface area (Å²) in [4.78, 5) is 4.32. The second kappa shape index (κ2) is 6.33. The summed E-state index contributed by atoms with van der Waals surface area (Å²) in [5, 5.41) is 5.33. The van der Waals surface area contributed by atoms with Crippen LogP contribution in [0.1, 0.15) is 12.0 Å². The number of hydrogen-bond acceptors (Lipinski definition) is 6. The van der Waals surface area contributed by atoms with Crippen LogP contribution in [0.5, 0.6) is 5.75 Å². The summed E-state index contributed by atoms with van der Waals surface area (Å²) in [6.07, 6.45) is 2.12. The van der Waals surface area contributed by atoms with Crippen molar-refractivity contribution in [2.45, 2.75) is 12.5 Å². The molecule has 1 aliphatic heterocycles. The van der Waals surface area contributed by atoms with Crippen LogP contribution in [0.25, 0.3) is 10.9 Å². The Balaban J connectivity index is 1.79. The lowest BCUT2D eigenvalue weighted by Crippen LogP contribution is -2.25. The van der Waals surface area contributed by atoms with Crippen LogP contribution in [0, 0.1) is 0 Å². The lowest BCUT2D eigenvalue weighted by molar-refractivity contribution is 0.415. The van der Waals surface area contributed by atoms with Crippen LogP contribution >= 0.6 is 11.6 Å². The Labute approximate surface area is 139 Å². The second-order valence-corrected chi connectivity index (χ2v) is 8.00. The van der Waals surface area contributed by atoms with Crippen LogP contribution in [0.3, 0.4) is 0 Å². The van der Waals surface area contributed by atoms with Gasteiger partial charge in [0.15, 0.2) is 9.84 Å². The van der Waals surface area contributed by atoms with E-state index in [-0.39, 0.29) is 17.5 Å². The van der Waals surface area contributed by atoms with E-state index < -0.39 is 9.84 Å². The number of aromatic nitrogens is 1. The molecule has 1 N–H and O–H groups in total. The van der Waals surface area contributed by atoms with Gasteiger partial charge in [-0.2, -0.15) is 5.10 Å². The molecule has 1 saturated heterocycles. The predicted molar refractivity (Wildman–Crippen MR) is 91.1 cm³/mol. The smallest absolute Gasteiger partial charge is 0.152 e. The largest absolute Gasteiger partial charge is 0.497 e. The van der Waals surface area contributed by atoms with Gasteiger partial charge >= 0.3 is 0 Å². The summed E-state index contributed by atoms with van der Waals surface area (Å²) in [5.74, 6) is 1.06. The number of nitrogens with one attached hydrogen (secondary N) is 1. The Morgan fingerprint density at radius 3 is 2.96 bits per heavy atom. The number of hydrogen-bond donors (Lipinski definition) is 1. The predicted octanol–water partition coefficient (Wildman–Crippen LogP) is 2.01. The molecule has 0 bridgehead atoms. The molecule has 122 valence electrons. The SMILES string of the molecule is COc1ccc2nc(Cl)c(C=NNC3CCS(=O)(=O)C3)cc2c1. The normalized spacial score (nSPS) is 20.2. The average Bonchev–Trinajstić information content (AvgIpc) is 2.86. The first kappa shape index (κ1) is 16.0. The zero-order valence-electron chi connectivity index (χ0n) is 12.5. The molecule has 6 nitrogen and oxygen atoms in total. The van der Waals surface area contributed by atoms with Gasteiger partial charge in [0.05, 0.1) is 36.4 Å². The molecule has 0 aliphatic carbocycles. The summed E-state index contributed by atoms with van der Waals surface area (Å²) in [7, 11) is -1.32. The minimum Gasteiger partial charge on any atom is -0.497 e. The van der Waals surface area contributed by atoms with E-state index in [2.05, 4.69) is 15.5 Å². The number of benzene rings is 1. The van der Waals surface area contributed by atoms with Crippen molar-refractivity contribution in [1.29, 1.82) is 0 Å². The maximum Gasteiger partial charge on any atom is 0.152 e. The molecule has 0 radical (unpaired) electrons. The molecule has 0 saturated carbocycles. The number of ether oxygens (including phenoxy) is 1. The fraction of sp³-hybridized carbons (Fsp3) is 0.333. The number of pyridine rings is 1. The Morgan fingerprint density at radius 2 is 2.26 bits per heavy atom. The van der Waals surface area contributed by atoms with Crippen molar-refractivity contribution in [3.63, 3.8) is 0 Å². The van der Waals surface area contributed by atoms with E-state index in [1.807, 2.05) is 24.3 Å². The molecular weight excluding hydrogens is 338 g/mol. The van der Waals surface area contributed by atoms with Gasteiger partial charge in [-0.15, -0.1) is 0 Å². The molecule has 0 amide bonds. The minimum absolute atomic E-state index is 0.116. The van der Waals surface area contributed by atoms with Crippen molar-refractivity contribution in [2.24, 2.45) is 5.10 Å². The van der Waals surface area contributed by atoms with Gasteiger partial charge in [0, 0.05) is 10.9 Å². The topological polar surface area (TPSA) is 80.7 Å². The third-order valence-electron chi connectivity index (χ3n) is 3.70. The summed E-state index contributed by atoms with van der Waals surface area (Å²) in [6, 6.07) is 7.24. The van der Waals surface area contributed by atoms with Crippen molar-refractivity contribution < 1.29 is 13.2 Å². The Hall–Kier alpha value is -1.86. The molecule has 1 atom stereocenters. The van der Waals surface area contributed by atoms with E-state index in [4.69, 9.17) is 16.3 Å². The van der Waals surface area contributed by atoms with E-state index in [0.29, 0.717) is 17.1 Å². The van der Waals surface area contributed by atoms with Crippen LogP contribution in [0.15, 0.2) is 29.4 Å². The monoisotopic (exact) mass is 353 g/mol. The molecule has 1 aromatic carbocycles. The van der Waals surface area contributed by atoms with Crippen molar-refractivity contribution >= 4 is 38.6 Å². The van der Waals surface area contributed by atoms with Gasteiger partial charge in [-0.25, -0.2) is 13.4 Å². The van der Waals surface area contributed by atoms with Crippen LogP contribution < -0.4 is 10.2 Å². The highest BCUT2D eigenvalue weighted by Gasteiger charge is 2.27. The number of hydrazone groups is 1. The molecule has 2 heterocycles. The molecule has 8 heteroatoms. The highest BCUT2D eigenvalue weighted by atomic mass is 35.5. The van der Waals surface area contributed by atoms with Crippen molar-refractivity contribution in [3.8, 4) is 5.75 Å². The molecule has 3 rings (SSSR count). The van der Waals surface area contributed by atoms with Crippen molar-refractivity contribution in [2.75, 3.05) is 18.6 Å². The number of rotatable bonds is 4. The van der Waals surface area contributed by atoms with E-state index in [1.165, 1.54) is 0 Å². The summed E-state index contributed by atoms with van der Waals surface area (Å²) >= 11 is 6.16. The van der Waals surface area contributed by atoms with Gasteiger partial charge in [0.2, 0.25) is 0 Å². The molecule has 2 aromatic rings. The number of sulfone groups is 1. The van der Waals surface area contributed by atoms with Crippen LogP contribution in [-0.2, 0) is 9.84 Å². The van der Waals surface area contributed by atoms with Crippen LogP contribution in [0.2, 0.25) is 5.15 Å². The van der Waals surface area contributed by atoms with Gasteiger partial charge in [0.1, 0.15) is 10.9 Å². The van der Waals surface area contributed by atoms with E-state index in [0.717, 1.165) is 16.7 Å². The zero-order valence-corrected chi connectivity index (χ0v) is 14.1. The van der Waals surface area contributed by atoms with Gasteiger partial charge in [-0.05, 0) is 30.7 Å². The van der Waals surface area contributed by atoms with E-state index >= 15 is 0 Å². The summed E-state index contributed by atoms with van der Waals surface area (Å²) in [6.45, 7) is 0. The maximum atomic E-state index is 11.4. The van der Waals surface area contributed by atoms with Crippen LogP contribution in [0.4, 0.5) is 0 Å². The highest BCUT2D eigenvalue weighted by Crippen LogP contribution is 2.23. The Kier molecular flexibility index (Phi) is 4.41. The minimum atomic E-state index is -2.92. The van der Waals surface area contributed by atoms with Gasteiger partial charge in [-0.1, -0.05) is 11.6 Å². The average molecular weight is 354 g/mol. The lowest BCUT2D eigenvalue weighted by atomic mass is 10.1. The second-order valence-electron chi connectivity index (χ2n) is 5.41. The van der Waals surface area contributed by atoms with Gasteiger partial charge in [-0.3, -0.25) is 0 Å². The van der Waals surface area contributed by atoms with Crippen molar-refractivity contribution in [1.82, 2.24) is 10.4 Å². The van der Waals surface area contributed by atoms with Gasteiger partial charge in [0.25, 0.3) is 0 Å². The molecule has 1 aliphatic rings. The fourth-order valence-electron chi connectivity index (χ4n) is 2.47. The van der Waals surface area contributed by atoms with Gasteiger partial charge < -0.3 is 10.2 Å². The van der Waals surface area contributed by atoms with Crippen LogP contribution in [-0.4, -0.2) is 44.3 Å². The number of fused-ring (bicyclic) bond motifs is 1. The number of nitrogens with zero attached hydrogens (tertiary/aromatic N) is 2. The third-order valence-corrected chi connectivity index (χ3v) is 5.77. The molecule has 1 aromatic heterocycles. The Bertz CT molecular complexity index is 868. The van der Waals surface area contributed by atoms with Crippen molar-refractivity contribution in [3.05, 3.63) is 35.0 Å². The molecule has 1 unspecified atom stereocenters. The van der Waals surface area contributed by atoms with E-state index in [9.17, 15) is 8.42 Å². The maximum absolute atomic E-state index is 11.4. The quantitative estimate of drug-likeness (QED) is 0.516. The first-order valence-electron chi connectivity index (χ1n) is 7.10. The zero-order chi connectivity index (χ0) is 16.4. The number of halogens is 1. The first-order valence-corrected chi connectivity index (χ1v) is 9.30. The molecule has 1 fully saturated rings. The highest BCUT2D eigenvalue weighted by molar-refractivity contribution is 7.91. The molecule has 0 spiro atoms. The Morgan fingerprint density at radius 1 is 1.43 bits per heavy atom. The summed E-state index contributed by atoms with van der Waals surface area (Å²) < 4.78 is 28.0. The first-order chi connectivity index (χ1) is 11.0. The summed E-state index contributed by atoms with van der Waals surface area (Å²) in [5.41, 5.74) is 4.28. The fourth-order valence-corrected chi connectivity index (χ4v) is 4.33.